The lowest BCUT2D eigenvalue weighted by Crippen LogP contribution is -2.07. The van der Waals surface area contributed by atoms with Crippen LogP contribution < -0.4 is 9.47 Å². The van der Waals surface area contributed by atoms with Gasteiger partial charge < -0.3 is 14.6 Å². The molecule has 1 unspecified atom stereocenters. The first-order valence-corrected chi connectivity index (χ1v) is 7.65. The molecule has 4 nitrogen and oxygen atoms in total. The number of carboxylic acids is 1. The molecule has 0 spiro atoms. The molecule has 0 fully saturated rings. The summed E-state index contributed by atoms with van der Waals surface area (Å²) in [5, 5.41) is 9.89. The molecule has 23 heavy (non-hydrogen) atoms. The summed E-state index contributed by atoms with van der Waals surface area (Å²) in [5.41, 5.74) is 1.50. The number of rotatable bonds is 6. The second-order valence-corrected chi connectivity index (χ2v) is 5.82. The van der Waals surface area contributed by atoms with Crippen LogP contribution in [0.5, 0.6) is 11.5 Å². The van der Waals surface area contributed by atoms with Gasteiger partial charge in [0, 0.05) is 0 Å². The SMILES string of the molecule is COc1ccc(COc2ccc(C(C)C(=O)O)cc2Cl)cc1Cl. The van der Waals surface area contributed by atoms with Crippen molar-refractivity contribution in [2.75, 3.05) is 7.11 Å². The summed E-state index contributed by atoms with van der Waals surface area (Å²) in [4.78, 5) is 11.0. The number of carbonyl (C=O) groups is 1. The van der Waals surface area contributed by atoms with E-state index >= 15 is 0 Å². The van der Waals surface area contributed by atoms with E-state index in [0.717, 1.165) is 5.56 Å². The number of methoxy groups -OCH3 is 1. The number of hydrogen-bond acceptors (Lipinski definition) is 3. The average Bonchev–Trinajstić information content (AvgIpc) is 2.53. The summed E-state index contributed by atoms with van der Waals surface area (Å²) in [6, 6.07) is 10.3. The van der Waals surface area contributed by atoms with Crippen LogP contribution in [0.4, 0.5) is 0 Å². The Balaban J connectivity index is 2.09. The lowest BCUT2D eigenvalue weighted by atomic mass is 10.0. The third kappa shape index (κ3) is 4.30. The standard InChI is InChI=1S/C17H16Cl2O4/c1-10(17(20)21)12-4-6-16(14(19)8-12)23-9-11-3-5-15(22-2)13(18)7-11/h3-8,10H,9H2,1-2H3,(H,20,21). The van der Waals surface area contributed by atoms with Gasteiger partial charge in [0.2, 0.25) is 0 Å². The molecular weight excluding hydrogens is 339 g/mol. The van der Waals surface area contributed by atoms with Crippen molar-refractivity contribution in [1.82, 2.24) is 0 Å². The van der Waals surface area contributed by atoms with Crippen molar-refractivity contribution in [3.05, 3.63) is 57.6 Å². The van der Waals surface area contributed by atoms with Gasteiger partial charge in [-0.3, -0.25) is 4.79 Å². The largest absolute Gasteiger partial charge is 0.495 e. The third-order valence-corrected chi connectivity index (χ3v) is 4.03. The molecule has 0 amide bonds. The molecule has 0 saturated heterocycles. The number of hydrogen-bond donors (Lipinski definition) is 1. The minimum Gasteiger partial charge on any atom is -0.495 e. The maximum absolute atomic E-state index is 11.0. The fourth-order valence-electron chi connectivity index (χ4n) is 2.01. The highest BCUT2D eigenvalue weighted by Crippen LogP contribution is 2.30. The number of halogens is 2. The topological polar surface area (TPSA) is 55.8 Å². The Morgan fingerprint density at radius 1 is 1.13 bits per heavy atom. The van der Waals surface area contributed by atoms with Crippen molar-refractivity contribution >= 4 is 29.2 Å². The van der Waals surface area contributed by atoms with Gasteiger partial charge in [0.1, 0.15) is 18.1 Å². The first kappa shape index (κ1) is 17.4. The first-order chi connectivity index (χ1) is 10.9. The van der Waals surface area contributed by atoms with E-state index in [1.807, 2.05) is 6.07 Å². The molecule has 0 bridgehead atoms. The molecule has 0 aliphatic rings. The molecule has 0 aliphatic heterocycles. The maximum Gasteiger partial charge on any atom is 0.310 e. The molecule has 0 aromatic heterocycles. The van der Waals surface area contributed by atoms with Crippen LogP contribution in [0.2, 0.25) is 10.0 Å². The van der Waals surface area contributed by atoms with Crippen molar-refractivity contribution in [3.8, 4) is 11.5 Å². The van der Waals surface area contributed by atoms with Gasteiger partial charge in [-0.1, -0.05) is 35.3 Å². The molecule has 1 N–H and O–H groups in total. The Bertz CT molecular complexity index is 716. The van der Waals surface area contributed by atoms with Gasteiger partial charge in [0.05, 0.1) is 23.1 Å². The van der Waals surface area contributed by atoms with E-state index in [1.165, 1.54) is 0 Å². The second kappa shape index (κ2) is 7.57. The zero-order valence-corrected chi connectivity index (χ0v) is 14.2. The zero-order chi connectivity index (χ0) is 17.0. The Labute approximate surface area is 144 Å². The summed E-state index contributed by atoms with van der Waals surface area (Å²) in [7, 11) is 1.55. The van der Waals surface area contributed by atoms with Crippen LogP contribution in [-0.2, 0) is 11.4 Å². The second-order valence-electron chi connectivity index (χ2n) is 5.01. The van der Waals surface area contributed by atoms with Gasteiger partial charge in [0.25, 0.3) is 0 Å². The molecule has 0 heterocycles. The van der Waals surface area contributed by atoms with Gasteiger partial charge in [-0.2, -0.15) is 0 Å². The van der Waals surface area contributed by atoms with E-state index in [-0.39, 0.29) is 6.61 Å². The van der Waals surface area contributed by atoms with Crippen molar-refractivity contribution in [3.63, 3.8) is 0 Å². The zero-order valence-electron chi connectivity index (χ0n) is 12.7. The van der Waals surface area contributed by atoms with E-state index < -0.39 is 11.9 Å². The molecule has 6 heteroatoms. The fourth-order valence-corrected chi connectivity index (χ4v) is 2.53. The van der Waals surface area contributed by atoms with E-state index in [1.54, 1.807) is 44.4 Å². The fraction of sp³-hybridized carbons (Fsp3) is 0.235. The summed E-state index contributed by atoms with van der Waals surface area (Å²) >= 11 is 12.2. The van der Waals surface area contributed by atoms with Crippen LogP contribution in [0.3, 0.4) is 0 Å². The van der Waals surface area contributed by atoms with E-state index in [2.05, 4.69) is 0 Å². The number of ether oxygens (including phenoxy) is 2. The number of aliphatic carboxylic acids is 1. The normalized spacial score (nSPS) is 11.8. The highest BCUT2D eigenvalue weighted by molar-refractivity contribution is 6.32. The Kier molecular flexibility index (Phi) is 5.74. The smallest absolute Gasteiger partial charge is 0.310 e. The predicted octanol–water partition coefficient (Wildman–Crippen LogP) is 4.77. The van der Waals surface area contributed by atoms with Gasteiger partial charge >= 0.3 is 5.97 Å². The molecule has 1 atom stereocenters. The molecule has 0 saturated carbocycles. The highest BCUT2D eigenvalue weighted by atomic mass is 35.5. The van der Waals surface area contributed by atoms with Crippen LogP contribution in [-0.4, -0.2) is 18.2 Å². The summed E-state index contributed by atoms with van der Waals surface area (Å²) in [6.45, 7) is 1.89. The minimum absolute atomic E-state index is 0.289. The molecule has 2 rings (SSSR count). The Morgan fingerprint density at radius 3 is 2.35 bits per heavy atom. The minimum atomic E-state index is -0.900. The van der Waals surface area contributed by atoms with E-state index in [4.69, 9.17) is 37.8 Å². The summed E-state index contributed by atoms with van der Waals surface area (Å²) in [6.07, 6.45) is 0. The van der Waals surface area contributed by atoms with Crippen molar-refractivity contribution < 1.29 is 19.4 Å². The molecule has 0 aliphatic carbocycles. The Morgan fingerprint density at radius 2 is 1.78 bits per heavy atom. The van der Waals surface area contributed by atoms with Crippen molar-refractivity contribution in [2.45, 2.75) is 19.4 Å². The predicted molar refractivity (Wildman–Crippen MR) is 89.8 cm³/mol. The molecule has 2 aromatic rings. The molecular formula is C17H16Cl2O4. The Hall–Kier alpha value is -1.91. The monoisotopic (exact) mass is 354 g/mol. The average molecular weight is 355 g/mol. The van der Waals surface area contributed by atoms with E-state index in [0.29, 0.717) is 27.1 Å². The van der Waals surface area contributed by atoms with Gasteiger partial charge in [-0.15, -0.1) is 0 Å². The molecule has 122 valence electrons. The summed E-state index contributed by atoms with van der Waals surface area (Å²) in [5.74, 6) is -0.440. The van der Waals surface area contributed by atoms with E-state index in [9.17, 15) is 4.79 Å². The van der Waals surface area contributed by atoms with Crippen LogP contribution in [0.15, 0.2) is 36.4 Å². The number of benzene rings is 2. The number of carboxylic acid groups (broad SMARTS) is 1. The molecule has 0 radical (unpaired) electrons. The highest BCUT2D eigenvalue weighted by Gasteiger charge is 2.15. The lowest BCUT2D eigenvalue weighted by molar-refractivity contribution is -0.138. The summed E-state index contributed by atoms with van der Waals surface area (Å²) < 4.78 is 10.8. The third-order valence-electron chi connectivity index (χ3n) is 3.44. The van der Waals surface area contributed by atoms with Gasteiger partial charge in [-0.25, -0.2) is 0 Å². The van der Waals surface area contributed by atoms with Crippen molar-refractivity contribution in [1.29, 1.82) is 0 Å². The van der Waals surface area contributed by atoms with Crippen LogP contribution >= 0.6 is 23.2 Å². The van der Waals surface area contributed by atoms with Crippen molar-refractivity contribution in [2.24, 2.45) is 0 Å². The van der Waals surface area contributed by atoms with Crippen LogP contribution in [0, 0.1) is 0 Å². The lowest BCUT2D eigenvalue weighted by Gasteiger charge is -2.12. The molecule has 2 aromatic carbocycles. The quantitative estimate of drug-likeness (QED) is 0.811. The maximum atomic E-state index is 11.0. The van der Waals surface area contributed by atoms with Crippen LogP contribution in [0.25, 0.3) is 0 Å². The first-order valence-electron chi connectivity index (χ1n) is 6.90. The van der Waals surface area contributed by atoms with Crippen LogP contribution in [0.1, 0.15) is 24.0 Å². The van der Waals surface area contributed by atoms with Gasteiger partial charge in [-0.05, 0) is 42.3 Å². The van der Waals surface area contributed by atoms with Gasteiger partial charge in [0.15, 0.2) is 0 Å².